The van der Waals surface area contributed by atoms with Gasteiger partial charge in [-0.05, 0) is 66.5 Å². The van der Waals surface area contributed by atoms with E-state index < -0.39 is 17.8 Å². The van der Waals surface area contributed by atoms with E-state index in [0.29, 0.717) is 34.0 Å². The van der Waals surface area contributed by atoms with Gasteiger partial charge in [0.25, 0.3) is 0 Å². The minimum Gasteiger partial charge on any atom is -0.481 e. The molecule has 0 aliphatic heterocycles. The maximum atomic E-state index is 13.0. The molecule has 4 aliphatic rings. The van der Waals surface area contributed by atoms with Gasteiger partial charge < -0.3 is 15.2 Å². The summed E-state index contributed by atoms with van der Waals surface area (Å²) in [6.07, 6.45) is 5.11. The minimum absolute atomic E-state index is 0.0222. The van der Waals surface area contributed by atoms with Crippen LogP contribution in [0.4, 0.5) is 5.69 Å². The molecule has 148 valence electrons. The van der Waals surface area contributed by atoms with Crippen molar-refractivity contribution in [2.75, 3.05) is 5.32 Å². The molecule has 6 heteroatoms. The van der Waals surface area contributed by atoms with Crippen molar-refractivity contribution < 1.29 is 19.4 Å². The SMILES string of the molecule is O=C(Nc1ccc(Oc2ccccc2Cl)cc1)[C@@H]1[C@H]2C=C[C@H]([C@H]3C[C@H]23)[C@@H]1C(=O)O. The van der Waals surface area contributed by atoms with Crippen LogP contribution in [0.3, 0.4) is 0 Å². The number of hydrogen-bond donors (Lipinski definition) is 2. The van der Waals surface area contributed by atoms with Gasteiger partial charge in [0.05, 0.1) is 16.9 Å². The molecule has 6 atom stereocenters. The first kappa shape index (κ1) is 18.3. The number of hydrogen-bond acceptors (Lipinski definition) is 3. The zero-order valence-corrected chi connectivity index (χ0v) is 16.3. The third-order valence-electron chi connectivity index (χ3n) is 6.43. The first-order valence-electron chi connectivity index (χ1n) is 9.77. The quantitative estimate of drug-likeness (QED) is 0.693. The fraction of sp³-hybridized carbons (Fsp3) is 0.304. The number of carboxylic acid groups (broad SMARTS) is 1. The number of rotatable bonds is 5. The van der Waals surface area contributed by atoms with Gasteiger partial charge in [-0.2, -0.15) is 0 Å². The van der Waals surface area contributed by atoms with E-state index in [2.05, 4.69) is 11.4 Å². The average molecular weight is 410 g/mol. The van der Waals surface area contributed by atoms with E-state index in [1.165, 1.54) is 0 Å². The Morgan fingerprint density at radius 1 is 0.966 bits per heavy atom. The van der Waals surface area contributed by atoms with E-state index in [4.69, 9.17) is 16.3 Å². The first-order chi connectivity index (χ1) is 14.0. The van der Waals surface area contributed by atoms with Gasteiger partial charge in [-0.25, -0.2) is 0 Å². The molecule has 2 fully saturated rings. The normalized spacial score (nSPS) is 31.1. The molecule has 0 spiro atoms. The molecular formula is C23H20ClNO4. The van der Waals surface area contributed by atoms with Crippen molar-refractivity contribution >= 4 is 29.2 Å². The number of carboxylic acids is 1. The molecule has 4 aliphatic carbocycles. The molecule has 2 aromatic carbocycles. The van der Waals surface area contributed by atoms with Crippen molar-refractivity contribution in [3.05, 3.63) is 65.7 Å². The van der Waals surface area contributed by atoms with Crippen molar-refractivity contribution in [1.29, 1.82) is 0 Å². The number of allylic oxidation sites excluding steroid dienone is 2. The topological polar surface area (TPSA) is 75.6 Å². The minimum atomic E-state index is -0.877. The van der Waals surface area contributed by atoms with Gasteiger partial charge in [0.15, 0.2) is 0 Å². The molecule has 2 N–H and O–H groups in total. The number of carbonyl (C=O) groups is 2. The molecule has 29 heavy (non-hydrogen) atoms. The van der Waals surface area contributed by atoms with Crippen molar-refractivity contribution in [2.45, 2.75) is 6.42 Å². The highest BCUT2D eigenvalue weighted by Gasteiger charge is 2.62. The van der Waals surface area contributed by atoms with Gasteiger partial charge in [0.1, 0.15) is 11.5 Å². The fourth-order valence-corrected chi connectivity index (χ4v) is 5.23. The summed E-state index contributed by atoms with van der Waals surface area (Å²) in [6.45, 7) is 0. The number of para-hydroxylation sites is 1. The number of anilines is 1. The maximum Gasteiger partial charge on any atom is 0.307 e. The number of nitrogens with one attached hydrogen (secondary N) is 1. The lowest BCUT2D eigenvalue weighted by Gasteiger charge is -2.41. The summed E-state index contributed by atoms with van der Waals surface area (Å²) in [7, 11) is 0. The Balaban J connectivity index is 1.30. The Hall–Kier alpha value is -2.79. The summed E-state index contributed by atoms with van der Waals surface area (Å²) in [5.74, 6) is -0.209. The summed E-state index contributed by atoms with van der Waals surface area (Å²) in [5.41, 5.74) is 0.614. The zero-order chi connectivity index (χ0) is 20.1. The first-order valence-corrected chi connectivity index (χ1v) is 10.1. The monoisotopic (exact) mass is 409 g/mol. The molecule has 6 rings (SSSR count). The number of amides is 1. The lowest BCUT2D eigenvalue weighted by Crippen LogP contribution is -2.48. The number of carbonyl (C=O) groups excluding carboxylic acids is 1. The summed E-state index contributed by atoms with van der Waals surface area (Å²) in [4.78, 5) is 24.9. The van der Waals surface area contributed by atoms with Crippen LogP contribution >= 0.6 is 11.6 Å². The smallest absolute Gasteiger partial charge is 0.307 e. The zero-order valence-electron chi connectivity index (χ0n) is 15.5. The number of fused-ring (bicyclic) bond motifs is 1. The van der Waals surface area contributed by atoms with Gasteiger partial charge in [0, 0.05) is 5.69 Å². The van der Waals surface area contributed by atoms with Crippen LogP contribution in [-0.4, -0.2) is 17.0 Å². The molecular weight excluding hydrogens is 390 g/mol. The summed E-state index contributed by atoms with van der Waals surface area (Å²) in [5, 5.41) is 13.2. The summed E-state index contributed by atoms with van der Waals surface area (Å²) in [6, 6.07) is 14.2. The standard InChI is InChI=1S/C23H20ClNO4/c24-18-3-1-2-4-19(18)29-13-7-5-12(6-8-13)25-22(26)20-14-9-10-15(17-11-16(14)17)21(20)23(27)28/h1-10,14-17,20-21H,11H2,(H,25,26)(H,27,28)/t14-,15+,16+,17+,20+,21-/m0/s1. The molecule has 0 saturated heterocycles. The van der Waals surface area contributed by atoms with Gasteiger partial charge in [0.2, 0.25) is 5.91 Å². The Morgan fingerprint density at radius 3 is 2.28 bits per heavy atom. The van der Waals surface area contributed by atoms with Gasteiger partial charge in [-0.3, -0.25) is 9.59 Å². The highest BCUT2D eigenvalue weighted by molar-refractivity contribution is 6.32. The fourth-order valence-electron chi connectivity index (χ4n) is 5.06. The molecule has 1 amide bonds. The van der Waals surface area contributed by atoms with E-state index in [9.17, 15) is 14.7 Å². The lowest BCUT2D eigenvalue weighted by atomic mass is 9.62. The van der Waals surface area contributed by atoms with Crippen LogP contribution in [0.2, 0.25) is 5.02 Å². The number of aliphatic carboxylic acids is 1. The molecule has 0 heterocycles. The maximum absolute atomic E-state index is 13.0. The van der Waals surface area contributed by atoms with E-state index >= 15 is 0 Å². The Labute approximate surface area is 173 Å². The van der Waals surface area contributed by atoms with E-state index in [0.717, 1.165) is 6.42 Å². The highest BCUT2D eigenvalue weighted by Crippen LogP contribution is 2.63. The molecule has 2 saturated carbocycles. The van der Waals surface area contributed by atoms with Crippen molar-refractivity contribution in [1.82, 2.24) is 0 Å². The molecule has 0 radical (unpaired) electrons. The number of halogens is 1. The van der Waals surface area contributed by atoms with Crippen LogP contribution in [0, 0.1) is 35.5 Å². The van der Waals surface area contributed by atoms with Crippen molar-refractivity contribution in [2.24, 2.45) is 35.5 Å². The van der Waals surface area contributed by atoms with Crippen molar-refractivity contribution in [3.63, 3.8) is 0 Å². The molecule has 0 aromatic heterocycles. The van der Waals surface area contributed by atoms with Crippen LogP contribution in [-0.2, 0) is 9.59 Å². The second kappa shape index (κ2) is 6.92. The highest BCUT2D eigenvalue weighted by atomic mass is 35.5. The third-order valence-corrected chi connectivity index (χ3v) is 6.74. The molecule has 0 unspecified atom stereocenters. The van der Waals surface area contributed by atoms with Gasteiger partial charge in [-0.15, -0.1) is 0 Å². The largest absolute Gasteiger partial charge is 0.481 e. The molecule has 5 nitrogen and oxygen atoms in total. The predicted molar refractivity (Wildman–Crippen MR) is 109 cm³/mol. The Bertz CT molecular complexity index is 1000. The van der Waals surface area contributed by atoms with Gasteiger partial charge in [-0.1, -0.05) is 35.9 Å². The predicted octanol–water partition coefficient (Wildman–Crippen LogP) is 4.84. The number of benzene rings is 2. The van der Waals surface area contributed by atoms with Crippen LogP contribution < -0.4 is 10.1 Å². The summed E-state index contributed by atoms with van der Waals surface area (Å²) < 4.78 is 5.76. The Kier molecular flexibility index (Phi) is 4.36. The second-order valence-corrected chi connectivity index (χ2v) is 8.45. The lowest BCUT2D eigenvalue weighted by molar-refractivity contribution is -0.152. The average Bonchev–Trinajstić information content (AvgIpc) is 3.53. The third kappa shape index (κ3) is 3.19. The number of ether oxygens (including phenoxy) is 1. The second-order valence-electron chi connectivity index (χ2n) is 8.04. The van der Waals surface area contributed by atoms with Crippen LogP contribution in [0.25, 0.3) is 0 Å². The molecule has 2 aromatic rings. The van der Waals surface area contributed by atoms with Crippen molar-refractivity contribution in [3.8, 4) is 11.5 Å². The van der Waals surface area contributed by atoms with Crippen LogP contribution in [0.15, 0.2) is 60.7 Å². The summed E-state index contributed by atoms with van der Waals surface area (Å²) >= 11 is 6.11. The molecule has 2 bridgehead atoms. The van der Waals surface area contributed by atoms with Crippen LogP contribution in [0.1, 0.15) is 6.42 Å². The Morgan fingerprint density at radius 2 is 1.62 bits per heavy atom. The van der Waals surface area contributed by atoms with Gasteiger partial charge >= 0.3 is 5.97 Å². The van der Waals surface area contributed by atoms with E-state index in [1.54, 1.807) is 36.4 Å². The van der Waals surface area contributed by atoms with Crippen LogP contribution in [0.5, 0.6) is 11.5 Å². The van der Waals surface area contributed by atoms with E-state index in [1.807, 2.05) is 18.2 Å². The van der Waals surface area contributed by atoms with E-state index in [-0.39, 0.29) is 17.7 Å².